The van der Waals surface area contributed by atoms with Gasteiger partial charge >= 0.3 is 0 Å². The number of aromatic nitrogens is 1. The lowest BCUT2D eigenvalue weighted by atomic mass is 10.1. The number of nitrogens with one attached hydrogen (secondary N) is 1. The monoisotopic (exact) mass is 282 g/mol. The van der Waals surface area contributed by atoms with E-state index in [4.69, 9.17) is 11.6 Å². The van der Waals surface area contributed by atoms with Gasteiger partial charge in [-0.15, -0.1) is 0 Å². The van der Waals surface area contributed by atoms with E-state index in [2.05, 4.69) is 10.3 Å². The van der Waals surface area contributed by atoms with Crippen LogP contribution >= 0.6 is 11.6 Å². The third kappa shape index (κ3) is 3.41. The molecule has 1 heterocycles. The summed E-state index contributed by atoms with van der Waals surface area (Å²) in [4.78, 5) is 4.00. The molecule has 1 aromatic carbocycles. The number of pyridine rings is 1. The predicted molar refractivity (Wildman–Crippen MR) is 72.3 cm³/mol. The van der Waals surface area contributed by atoms with Gasteiger partial charge in [0.15, 0.2) is 0 Å². The first-order chi connectivity index (χ1) is 9.10. The Bertz CT molecular complexity index is 558. The number of benzene rings is 1. The molecule has 0 spiro atoms. The van der Waals surface area contributed by atoms with Crippen molar-refractivity contribution in [2.75, 3.05) is 5.32 Å². The lowest BCUT2D eigenvalue weighted by molar-refractivity contribution is 0.609. The van der Waals surface area contributed by atoms with Crippen molar-refractivity contribution >= 4 is 17.3 Å². The Morgan fingerprint density at radius 3 is 2.68 bits per heavy atom. The van der Waals surface area contributed by atoms with Crippen molar-refractivity contribution in [3.63, 3.8) is 0 Å². The maximum absolute atomic E-state index is 13.6. The highest BCUT2D eigenvalue weighted by Crippen LogP contribution is 2.25. The molecular formula is C14H13ClF2N2. The lowest BCUT2D eigenvalue weighted by Crippen LogP contribution is -2.12. The van der Waals surface area contributed by atoms with Crippen LogP contribution in [0.4, 0.5) is 14.5 Å². The van der Waals surface area contributed by atoms with Crippen LogP contribution in [0.1, 0.15) is 25.1 Å². The topological polar surface area (TPSA) is 24.9 Å². The molecule has 1 aromatic heterocycles. The van der Waals surface area contributed by atoms with Crippen LogP contribution in [0.15, 0.2) is 36.5 Å². The van der Waals surface area contributed by atoms with Gasteiger partial charge in [0, 0.05) is 5.02 Å². The summed E-state index contributed by atoms with van der Waals surface area (Å²) in [5, 5.41) is 3.48. The Labute approximate surface area is 115 Å². The van der Waals surface area contributed by atoms with E-state index in [9.17, 15) is 8.78 Å². The van der Waals surface area contributed by atoms with Gasteiger partial charge in [0.2, 0.25) is 0 Å². The second-order valence-corrected chi connectivity index (χ2v) is 4.57. The fourth-order valence-corrected chi connectivity index (χ4v) is 1.95. The summed E-state index contributed by atoms with van der Waals surface area (Å²) < 4.78 is 26.5. The molecule has 1 N–H and O–H groups in total. The summed E-state index contributed by atoms with van der Waals surface area (Å²) in [6, 6.07) is 7.02. The van der Waals surface area contributed by atoms with Crippen molar-refractivity contribution in [1.29, 1.82) is 0 Å². The Hall–Kier alpha value is -1.68. The standard InChI is InChI=1S/C14H13ClF2N2/c1-2-12(13-6-4-10(16)8-18-13)19-14-7-9(15)3-5-11(14)17/h3-8,12,19H,2H2,1H3. The van der Waals surface area contributed by atoms with Gasteiger partial charge in [0.25, 0.3) is 0 Å². The fraction of sp³-hybridized carbons (Fsp3) is 0.214. The maximum Gasteiger partial charge on any atom is 0.146 e. The van der Waals surface area contributed by atoms with Gasteiger partial charge in [-0.2, -0.15) is 0 Å². The number of halogens is 3. The summed E-state index contributed by atoms with van der Waals surface area (Å²) in [7, 11) is 0. The molecule has 0 bridgehead atoms. The van der Waals surface area contributed by atoms with Crippen LogP contribution < -0.4 is 5.32 Å². The van der Waals surface area contributed by atoms with Crippen LogP contribution in [0.25, 0.3) is 0 Å². The minimum absolute atomic E-state index is 0.200. The van der Waals surface area contributed by atoms with Crippen LogP contribution in [0.5, 0.6) is 0 Å². The van der Waals surface area contributed by atoms with Gasteiger partial charge in [-0.05, 0) is 36.8 Å². The van der Waals surface area contributed by atoms with E-state index in [0.29, 0.717) is 22.8 Å². The molecule has 0 fully saturated rings. The fourth-order valence-electron chi connectivity index (χ4n) is 1.77. The summed E-state index contributed by atoms with van der Waals surface area (Å²) in [6.07, 6.45) is 1.83. The number of anilines is 1. The SMILES string of the molecule is CCC(Nc1cc(Cl)ccc1F)c1ccc(F)cn1. The minimum Gasteiger partial charge on any atom is -0.374 e. The summed E-state index contributed by atoms with van der Waals surface area (Å²) in [6.45, 7) is 1.94. The Balaban J connectivity index is 2.23. The molecule has 0 aliphatic carbocycles. The average molecular weight is 283 g/mol. The molecule has 0 amide bonds. The zero-order valence-electron chi connectivity index (χ0n) is 10.3. The van der Waals surface area contributed by atoms with Crippen LogP contribution in [0.3, 0.4) is 0 Å². The molecule has 2 rings (SSSR count). The summed E-state index contributed by atoms with van der Waals surface area (Å²) in [5.41, 5.74) is 0.966. The Morgan fingerprint density at radius 1 is 1.26 bits per heavy atom. The molecule has 0 saturated carbocycles. The number of nitrogens with zero attached hydrogens (tertiary/aromatic N) is 1. The van der Waals surface area contributed by atoms with Gasteiger partial charge in [-0.1, -0.05) is 18.5 Å². The van der Waals surface area contributed by atoms with Crippen LogP contribution in [-0.4, -0.2) is 4.98 Å². The second kappa shape index (κ2) is 5.97. The van der Waals surface area contributed by atoms with Crippen LogP contribution in [0.2, 0.25) is 5.02 Å². The van der Waals surface area contributed by atoms with Crippen molar-refractivity contribution in [2.24, 2.45) is 0 Å². The number of rotatable bonds is 4. The molecule has 19 heavy (non-hydrogen) atoms. The summed E-state index contributed by atoms with van der Waals surface area (Å²) >= 11 is 5.84. The van der Waals surface area contributed by atoms with Crippen molar-refractivity contribution < 1.29 is 8.78 Å². The van der Waals surface area contributed by atoms with E-state index in [1.54, 1.807) is 6.07 Å². The van der Waals surface area contributed by atoms with Crippen molar-refractivity contribution in [2.45, 2.75) is 19.4 Å². The van der Waals surface area contributed by atoms with E-state index in [-0.39, 0.29) is 11.9 Å². The second-order valence-electron chi connectivity index (χ2n) is 4.13. The number of hydrogen-bond acceptors (Lipinski definition) is 2. The molecule has 5 heteroatoms. The summed E-state index contributed by atoms with van der Waals surface area (Å²) in [5.74, 6) is -0.780. The van der Waals surface area contributed by atoms with Gasteiger partial charge in [0.05, 0.1) is 23.6 Å². The molecule has 2 nitrogen and oxygen atoms in total. The van der Waals surface area contributed by atoms with E-state index < -0.39 is 5.82 Å². The van der Waals surface area contributed by atoms with Gasteiger partial charge < -0.3 is 5.32 Å². The molecule has 1 unspecified atom stereocenters. The first-order valence-corrected chi connectivity index (χ1v) is 6.31. The first-order valence-electron chi connectivity index (χ1n) is 5.93. The smallest absolute Gasteiger partial charge is 0.146 e. The maximum atomic E-state index is 13.6. The lowest BCUT2D eigenvalue weighted by Gasteiger charge is -2.18. The van der Waals surface area contributed by atoms with Crippen LogP contribution in [0, 0.1) is 11.6 Å². The van der Waals surface area contributed by atoms with Gasteiger partial charge in [-0.25, -0.2) is 8.78 Å². The highest BCUT2D eigenvalue weighted by Gasteiger charge is 2.13. The quantitative estimate of drug-likeness (QED) is 0.888. The molecule has 0 aliphatic rings. The highest BCUT2D eigenvalue weighted by atomic mass is 35.5. The van der Waals surface area contributed by atoms with E-state index in [1.165, 1.54) is 24.3 Å². The normalized spacial score (nSPS) is 12.2. The van der Waals surface area contributed by atoms with E-state index >= 15 is 0 Å². The zero-order valence-corrected chi connectivity index (χ0v) is 11.1. The van der Waals surface area contributed by atoms with Gasteiger partial charge in [-0.3, -0.25) is 4.98 Å². The van der Waals surface area contributed by atoms with E-state index in [0.717, 1.165) is 6.20 Å². The Kier molecular flexibility index (Phi) is 4.32. The molecular weight excluding hydrogens is 270 g/mol. The zero-order chi connectivity index (χ0) is 13.8. The third-order valence-corrected chi connectivity index (χ3v) is 3.01. The third-order valence-electron chi connectivity index (χ3n) is 2.77. The number of hydrogen-bond donors (Lipinski definition) is 1. The molecule has 0 saturated heterocycles. The average Bonchev–Trinajstić information content (AvgIpc) is 2.41. The van der Waals surface area contributed by atoms with Crippen molar-refractivity contribution in [3.05, 3.63) is 58.9 Å². The van der Waals surface area contributed by atoms with Crippen molar-refractivity contribution in [3.8, 4) is 0 Å². The van der Waals surface area contributed by atoms with E-state index in [1.807, 2.05) is 6.92 Å². The predicted octanol–water partition coefficient (Wildman–Crippen LogP) is 4.58. The largest absolute Gasteiger partial charge is 0.374 e. The van der Waals surface area contributed by atoms with Crippen LogP contribution in [-0.2, 0) is 0 Å². The minimum atomic E-state index is -0.396. The first kappa shape index (κ1) is 13.7. The molecule has 2 aromatic rings. The molecule has 100 valence electrons. The molecule has 1 atom stereocenters. The Morgan fingerprint density at radius 2 is 2.05 bits per heavy atom. The molecule has 0 aliphatic heterocycles. The highest BCUT2D eigenvalue weighted by molar-refractivity contribution is 6.30. The molecule has 0 radical (unpaired) electrons. The van der Waals surface area contributed by atoms with Crippen molar-refractivity contribution in [1.82, 2.24) is 4.98 Å². The van der Waals surface area contributed by atoms with Gasteiger partial charge in [0.1, 0.15) is 11.6 Å².